The Morgan fingerprint density at radius 2 is 2.26 bits per heavy atom. The number of anilines is 2. The zero-order valence-corrected chi connectivity index (χ0v) is 11.5. The van der Waals surface area contributed by atoms with Gasteiger partial charge in [-0.15, -0.1) is 11.3 Å². The number of nitrogens with zero attached hydrogens (tertiary/aromatic N) is 1. The second-order valence-corrected chi connectivity index (χ2v) is 5.28. The van der Waals surface area contributed by atoms with Crippen molar-refractivity contribution in [3.05, 3.63) is 34.3 Å². The van der Waals surface area contributed by atoms with E-state index in [1.807, 2.05) is 13.8 Å². The summed E-state index contributed by atoms with van der Waals surface area (Å²) in [5, 5.41) is 13.0. The van der Waals surface area contributed by atoms with Crippen LogP contribution in [0.2, 0.25) is 0 Å². The van der Waals surface area contributed by atoms with Crippen molar-refractivity contribution in [1.82, 2.24) is 4.98 Å². The maximum Gasteiger partial charge on any atom is 0.261 e. The molecule has 0 radical (unpaired) electrons. The molecule has 0 atom stereocenters. The number of nitrogens with one attached hydrogen (secondary N) is 1. The van der Waals surface area contributed by atoms with Crippen LogP contribution >= 0.6 is 11.3 Å². The summed E-state index contributed by atoms with van der Waals surface area (Å²) < 4.78 is 0. The Morgan fingerprint density at radius 3 is 2.89 bits per heavy atom. The highest BCUT2D eigenvalue weighted by Gasteiger charge is 2.15. The lowest BCUT2D eigenvalue weighted by Gasteiger charge is -2.05. The number of phenolic OH excluding ortho intramolecular Hbond substituents is 1. The van der Waals surface area contributed by atoms with Gasteiger partial charge in [-0.1, -0.05) is 13.0 Å². The van der Waals surface area contributed by atoms with Gasteiger partial charge in [-0.05, 0) is 25.5 Å². The molecular formula is C13H15N3O2S. The van der Waals surface area contributed by atoms with Gasteiger partial charge in [0.05, 0.1) is 16.9 Å². The van der Waals surface area contributed by atoms with E-state index in [1.54, 1.807) is 6.07 Å². The summed E-state index contributed by atoms with van der Waals surface area (Å²) in [5.41, 5.74) is 6.85. The van der Waals surface area contributed by atoms with Gasteiger partial charge in [0.2, 0.25) is 0 Å². The van der Waals surface area contributed by atoms with Crippen LogP contribution in [-0.2, 0) is 6.42 Å². The fourth-order valence-corrected chi connectivity index (χ4v) is 2.62. The molecule has 4 N–H and O–H groups in total. The zero-order chi connectivity index (χ0) is 14.0. The Hall–Kier alpha value is -2.08. The van der Waals surface area contributed by atoms with E-state index in [-0.39, 0.29) is 17.0 Å². The molecule has 0 aliphatic heterocycles. The van der Waals surface area contributed by atoms with E-state index in [0.29, 0.717) is 5.13 Å². The molecule has 2 rings (SSSR count). The average Bonchev–Trinajstić information content (AvgIpc) is 2.72. The van der Waals surface area contributed by atoms with Crippen molar-refractivity contribution < 1.29 is 9.90 Å². The molecule has 0 saturated carbocycles. The Kier molecular flexibility index (Phi) is 3.71. The molecule has 2 aromatic rings. The largest absolute Gasteiger partial charge is 0.505 e. The molecule has 0 unspecified atom stereocenters. The molecular weight excluding hydrogens is 262 g/mol. The van der Waals surface area contributed by atoms with Gasteiger partial charge in [-0.2, -0.15) is 0 Å². The molecule has 1 aromatic carbocycles. The lowest BCUT2D eigenvalue weighted by molar-refractivity contribution is 0.102. The molecule has 0 aliphatic rings. The third kappa shape index (κ3) is 2.68. The van der Waals surface area contributed by atoms with E-state index in [1.165, 1.54) is 23.5 Å². The summed E-state index contributed by atoms with van der Waals surface area (Å²) in [6, 6.07) is 4.67. The number of carbonyl (C=O) groups excluding carboxylic acids is 1. The van der Waals surface area contributed by atoms with Crippen LogP contribution in [0.1, 0.15) is 27.9 Å². The van der Waals surface area contributed by atoms with E-state index in [0.717, 1.165) is 17.0 Å². The Morgan fingerprint density at radius 1 is 1.53 bits per heavy atom. The minimum atomic E-state index is -0.416. The molecule has 1 aromatic heterocycles. The van der Waals surface area contributed by atoms with Crippen LogP contribution in [-0.4, -0.2) is 16.0 Å². The van der Waals surface area contributed by atoms with Crippen molar-refractivity contribution in [2.45, 2.75) is 20.3 Å². The van der Waals surface area contributed by atoms with Crippen molar-refractivity contribution in [3.8, 4) is 5.75 Å². The number of aryl methyl sites for hydroxylation is 2. The van der Waals surface area contributed by atoms with Crippen LogP contribution in [0.5, 0.6) is 5.75 Å². The molecule has 1 heterocycles. The zero-order valence-electron chi connectivity index (χ0n) is 10.7. The molecule has 1 amide bonds. The number of phenols is 1. The molecule has 0 spiro atoms. The molecule has 5 nitrogen and oxygen atoms in total. The van der Waals surface area contributed by atoms with E-state index in [9.17, 15) is 9.90 Å². The SMILES string of the molecule is CCc1nc(NC(=O)c2cccc(N)c2O)sc1C. The van der Waals surface area contributed by atoms with E-state index in [2.05, 4.69) is 10.3 Å². The molecule has 0 fully saturated rings. The number of benzene rings is 1. The van der Waals surface area contributed by atoms with Gasteiger partial charge in [-0.25, -0.2) is 4.98 Å². The van der Waals surface area contributed by atoms with Crippen molar-refractivity contribution in [2.75, 3.05) is 11.1 Å². The van der Waals surface area contributed by atoms with E-state index < -0.39 is 5.91 Å². The Bertz CT molecular complexity index is 622. The van der Waals surface area contributed by atoms with Crippen molar-refractivity contribution >= 4 is 28.1 Å². The Labute approximate surface area is 115 Å². The summed E-state index contributed by atoms with van der Waals surface area (Å²) in [7, 11) is 0. The number of amides is 1. The third-order valence-electron chi connectivity index (χ3n) is 2.76. The molecule has 0 aliphatic carbocycles. The fraction of sp³-hybridized carbons (Fsp3) is 0.231. The quantitative estimate of drug-likeness (QED) is 0.594. The maximum absolute atomic E-state index is 12.0. The van der Waals surface area contributed by atoms with Crippen LogP contribution in [0.25, 0.3) is 0 Å². The van der Waals surface area contributed by atoms with E-state index in [4.69, 9.17) is 5.73 Å². The highest BCUT2D eigenvalue weighted by molar-refractivity contribution is 7.15. The topological polar surface area (TPSA) is 88.2 Å². The first-order valence-corrected chi connectivity index (χ1v) is 6.69. The van der Waals surface area contributed by atoms with Crippen molar-refractivity contribution in [3.63, 3.8) is 0 Å². The molecule has 6 heteroatoms. The predicted molar refractivity (Wildman–Crippen MR) is 76.7 cm³/mol. The highest BCUT2D eigenvalue weighted by atomic mass is 32.1. The lowest BCUT2D eigenvalue weighted by atomic mass is 10.1. The summed E-state index contributed by atoms with van der Waals surface area (Å²) >= 11 is 1.42. The number of para-hydroxylation sites is 1. The number of nitrogen functional groups attached to an aromatic ring is 1. The standard InChI is InChI=1S/C13H15N3O2S/c1-3-10-7(2)19-13(15-10)16-12(18)8-5-4-6-9(14)11(8)17/h4-6,17H,3,14H2,1-2H3,(H,15,16,18). The number of hydrogen-bond acceptors (Lipinski definition) is 5. The monoisotopic (exact) mass is 277 g/mol. The van der Waals surface area contributed by atoms with Crippen molar-refractivity contribution in [2.24, 2.45) is 0 Å². The first kappa shape index (κ1) is 13.4. The number of rotatable bonds is 3. The minimum Gasteiger partial charge on any atom is -0.505 e. The number of carbonyl (C=O) groups is 1. The number of aromatic hydroxyl groups is 1. The van der Waals surface area contributed by atoms with Crippen LogP contribution in [0.4, 0.5) is 10.8 Å². The predicted octanol–water partition coefficient (Wildman–Crippen LogP) is 2.55. The normalized spacial score (nSPS) is 10.4. The van der Waals surface area contributed by atoms with Gasteiger partial charge < -0.3 is 10.8 Å². The van der Waals surface area contributed by atoms with Gasteiger partial charge in [0.1, 0.15) is 0 Å². The molecule has 0 saturated heterocycles. The van der Waals surface area contributed by atoms with Crippen LogP contribution in [0.3, 0.4) is 0 Å². The fourth-order valence-electron chi connectivity index (χ4n) is 1.72. The van der Waals surface area contributed by atoms with Crippen LogP contribution in [0.15, 0.2) is 18.2 Å². The first-order valence-electron chi connectivity index (χ1n) is 5.88. The lowest BCUT2D eigenvalue weighted by Crippen LogP contribution is -2.12. The third-order valence-corrected chi connectivity index (χ3v) is 3.69. The molecule has 100 valence electrons. The molecule has 19 heavy (non-hydrogen) atoms. The van der Waals surface area contributed by atoms with Crippen molar-refractivity contribution in [1.29, 1.82) is 0 Å². The Balaban J connectivity index is 2.23. The number of nitrogens with two attached hydrogens (primary N) is 1. The summed E-state index contributed by atoms with van der Waals surface area (Å²) in [4.78, 5) is 17.4. The smallest absolute Gasteiger partial charge is 0.261 e. The average molecular weight is 277 g/mol. The van der Waals surface area contributed by atoms with Gasteiger partial charge >= 0.3 is 0 Å². The number of hydrogen-bond donors (Lipinski definition) is 3. The summed E-state index contributed by atoms with van der Waals surface area (Å²) in [5.74, 6) is -0.620. The first-order chi connectivity index (χ1) is 9.02. The van der Waals surface area contributed by atoms with Gasteiger partial charge in [0.25, 0.3) is 5.91 Å². The van der Waals surface area contributed by atoms with Crippen LogP contribution < -0.4 is 11.1 Å². The second kappa shape index (κ2) is 5.27. The van der Waals surface area contributed by atoms with Gasteiger partial charge in [0, 0.05) is 4.88 Å². The maximum atomic E-state index is 12.0. The summed E-state index contributed by atoms with van der Waals surface area (Å²) in [6.45, 7) is 3.97. The number of aromatic nitrogens is 1. The van der Waals surface area contributed by atoms with Crippen LogP contribution in [0, 0.1) is 6.92 Å². The van der Waals surface area contributed by atoms with Gasteiger partial charge in [0.15, 0.2) is 10.9 Å². The van der Waals surface area contributed by atoms with E-state index >= 15 is 0 Å². The minimum absolute atomic E-state index is 0.144. The summed E-state index contributed by atoms with van der Waals surface area (Å²) in [6.07, 6.45) is 0.821. The second-order valence-electron chi connectivity index (χ2n) is 4.07. The highest BCUT2D eigenvalue weighted by Crippen LogP contribution is 2.27. The molecule has 0 bridgehead atoms. The number of thiazole rings is 1. The van der Waals surface area contributed by atoms with Gasteiger partial charge in [-0.3, -0.25) is 10.1 Å².